The van der Waals surface area contributed by atoms with Gasteiger partial charge in [0.2, 0.25) is 0 Å². The molecular formula is C12H20N4O3. The Hall–Kier alpha value is -1.60. The summed E-state index contributed by atoms with van der Waals surface area (Å²) in [6.45, 7) is 4.95. The highest BCUT2D eigenvalue weighted by atomic mass is 16.5. The number of morpholine rings is 1. The second-order valence-electron chi connectivity index (χ2n) is 4.65. The van der Waals surface area contributed by atoms with Crippen LogP contribution in [0.1, 0.15) is 0 Å². The Bertz CT molecular complexity index is 543. The van der Waals surface area contributed by atoms with Crippen molar-refractivity contribution in [3.05, 3.63) is 26.9 Å². The minimum Gasteiger partial charge on any atom is -0.379 e. The van der Waals surface area contributed by atoms with Crippen LogP contribution in [0.2, 0.25) is 0 Å². The van der Waals surface area contributed by atoms with Crippen molar-refractivity contribution in [1.82, 2.24) is 14.0 Å². The summed E-state index contributed by atoms with van der Waals surface area (Å²) in [4.78, 5) is 25.6. The average molecular weight is 268 g/mol. The van der Waals surface area contributed by atoms with Crippen LogP contribution in [0, 0.1) is 0 Å². The minimum absolute atomic E-state index is 0.294. The van der Waals surface area contributed by atoms with Gasteiger partial charge >= 0.3 is 5.69 Å². The standard InChI is InChI=1S/C12H20N4O3/c1-14-10(9-11(17)15(2)12(14)18)13-3-4-16-5-7-19-8-6-16/h9,13H,3-8H2,1-2H3. The van der Waals surface area contributed by atoms with Crippen molar-refractivity contribution < 1.29 is 4.74 Å². The highest BCUT2D eigenvalue weighted by Crippen LogP contribution is 1.99. The zero-order valence-corrected chi connectivity index (χ0v) is 11.4. The number of nitrogens with zero attached hydrogens (tertiary/aromatic N) is 3. The van der Waals surface area contributed by atoms with Crippen molar-refractivity contribution in [2.45, 2.75) is 0 Å². The van der Waals surface area contributed by atoms with Crippen LogP contribution in [0.5, 0.6) is 0 Å². The summed E-state index contributed by atoms with van der Waals surface area (Å²) in [5, 5.41) is 3.14. The number of nitrogens with one attached hydrogen (secondary N) is 1. The van der Waals surface area contributed by atoms with Gasteiger partial charge in [0.15, 0.2) is 0 Å². The molecule has 1 fully saturated rings. The van der Waals surface area contributed by atoms with E-state index < -0.39 is 0 Å². The lowest BCUT2D eigenvalue weighted by molar-refractivity contribution is 0.0398. The van der Waals surface area contributed by atoms with Crippen molar-refractivity contribution >= 4 is 5.82 Å². The Morgan fingerprint density at radius 3 is 2.58 bits per heavy atom. The molecule has 1 aliphatic heterocycles. The van der Waals surface area contributed by atoms with Gasteiger partial charge in [-0.3, -0.25) is 18.8 Å². The minimum atomic E-state index is -0.318. The van der Waals surface area contributed by atoms with E-state index in [2.05, 4.69) is 10.2 Å². The molecule has 0 aromatic carbocycles. The van der Waals surface area contributed by atoms with Crippen LogP contribution in [-0.4, -0.2) is 53.4 Å². The number of aromatic nitrogens is 2. The van der Waals surface area contributed by atoms with Gasteiger partial charge in [-0.05, 0) is 0 Å². The van der Waals surface area contributed by atoms with E-state index in [-0.39, 0.29) is 11.2 Å². The molecule has 0 aliphatic carbocycles. The van der Waals surface area contributed by atoms with Crippen molar-refractivity contribution in [2.75, 3.05) is 44.7 Å². The molecule has 0 bridgehead atoms. The first-order valence-electron chi connectivity index (χ1n) is 6.40. The molecule has 0 atom stereocenters. The van der Waals surface area contributed by atoms with E-state index in [1.165, 1.54) is 17.7 Å². The molecule has 0 radical (unpaired) electrons. The van der Waals surface area contributed by atoms with Crippen LogP contribution in [0.15, 0.2) is 15.7 Å². The first kappa shape index (κ1) is 13.8. The van der Waals surface area contributed by atoms with Crippen LogP contribution >= 0.6 is 0 Å². The molecule has 19 heavy (non-hydrogen) atoms. The van der Waals surface area contributed by atoms with E-state index in [0.29, 0.717) is 12.4 Å². The van der Waals surface area contributed by atoms with E-state index in [1.807, 2.05) is 0 Å². The third-order valence-corrected chi connectivity index (χ3v) is 3.36. The van der Waals surface area contributed by atoms with E-state index in [0.717, 1.165) is 37.4 Å². The summed E-state index contributed by atoms with van der Waals surface area (Å²) in [6, 6.07) is 1.45. The van der Waals surface area contributed by atoms with Gasteiger partial charge in [0.05, 0.1) is 13.2 Å². The van der Waals surface area contributed by atoms with Crippen LogP contribution in [0.4, 0.5) is 5.82 Å². The number of hydrogen-bond donors (Lipinski definition) is 1. The van der Waals surface area contributed by atoms with Gasteiger partial charge < -0.3 is 10.1 Å². The van der Waals surface area contributed by atoms with Gasteiger partial charge in [0, 0.05) is 46.3 Å². The van der Waals surface area contributed by atoms with Gasteiger partial charge in [-0.25, -0.2) is 4.79 Å². The summed E-state index contributed by atoms with van der Waals surface area (Å²) in [6.07, 6.45) is 0. The van der Waals surface area contributed by atoms with Crippen molar-refractivity contribution in [3.8, 4) is 0 Å². The van der Waals surface area contributed by atoms with E-state index in [9.17, 15) is 9.59 Å². The second kappa shape index (κ2) is 6.03. The molecule has 106 valence electrons. The summed E-state index contributed by atoms with van der Waals surface area (Å²) < 4.78 is 7.81. The maximum Gasteiger partial charge on any atom is 0.332 e. The van der Waals surface area contributed by atoms with Crippen molar-refractivity contribution in [2.24, 2.45) is 14.1 Å². The smallest absolute Gasteiger partial charge is 0.332 e. The van der Waals surface area contributed by atoms with Gasteiger partial charge in [0.1, 0.15) is 5.82 Å². The first-order valence-corrected chi connectivity index (χ1v) is 6.40. The molecule has 1 aromatic rings. The highest BCUT2D eigenvalue weighted by Gasteiger charge is 2.10. The number of ether oxygens (including phenoxy) is 1. The molecule has 1 saturated heterocycles. The Labute approximate surface area is 111 Å². The highest BCUT2D eigenvalue weighted by molar-refractivity contribution is 5.33. The SMILES string of the molecule is Cn1c(NCCN2CCOCC2)cc(=O)n(C)c1=O. The van der Waals surface area contributed by atoms with Crippen molar-refractivity contribution in [1.29, 1.82) is 0 Å². The largest absolute Gasteiger partial charge is 0.379 e. The lowest BCUT2D eigenvalue weighted by atomic mass is 10.4. The molecule has 0 spiro atoms. The summed E-state index contributed by atoms with van der Waals surface area (Å²) in [7, 11) is 3.13. The quantitative estimate of drug-likeness (QED) is 0.745. The fraction of sp³-hybridized carbons (Fsp3) is 0.667. The van der Waals surface area contributed by atoms with E-state index in [4.69, 9.17) is 4.74 Å². The third-order valence-electron chi connectivity index (χ3n) is 3.36. The molecule has 2 rings (SSSR count). The topological polar surface area (TPSA) is 68.5 Å². The summed E-state index contributed by atoms with van der Waals surface area (Å²) in [5.41, 5.74) is -0.613. The molecule has 7 nitrogen and oxygen atoms in total. The van der Waals surface area contributed by atoms with Crippen LogP contribution in [0.25, 0.3) is 0 Å². The predicted molar refractivity (Wildman–Crippen MR) is 72.7 cm³/mol. The van der Waals surface area contributed by atoms with Gasteiger partial charge in [-0.1, -0.05) is 0 Å². The number of hydrogen-bond acceptors (Lipinski definition) is 5. The van der Waals surface area contributed by atoms with Crippen LogP contribution < -0.4 is 16.6 Å². The fourth-order valence-electron chi connectivity index (χ4n) is 2.07. The monoisotopic (exact) mass is 268 g/mol. The maximum absolute atomic E-state index is 11.7. The molecule has 1 aromatic heterocycles. The molecule has 0 amide bonds. The van der Waals surface area contributed by atoms with Gasteiger partial charge in [-0.15, -0.1) is 0 Å². The molecule has 0 saturated carbocycles. The van der Waals surface area contributed by atoms with Gasteiger partial charge in [-0.2, -0.15) is 0 Å². The normalized spacial score (nSPS) is 16.5. The van der Waals surface area contributed by atoms with Crippen molar-refractivity contribution in [3.63, 3.8) is 0 Å². The van der Waals surface area contributed by atoms with Crippen LogP contribution in [-0.2, 0) is 18.8 Å². The Balaban J connectivity index is 1.96. The zero-order chi connectivity index (χ0) is 13.8. The maximum atomic E-state index is 11.7. The Morgan fingerprint density at radius 2 is 1.89 bits per heavy atom. The Kier molecular flexibility index (Phi) is 4.39. The second-order valence-corrected chi connectivity index (χ2v) is 4.65. The first-order chi connectivity index (χ1) is 9.09. The lowest BCUT2D eigenvalue weighted by Gasteiger charge is -2.26. The summed E-state index contributed by atoms with van der Waals surface area (Å²) >= 11 is 0. The van der Waals surface area contributed by atoms with E-state index in [1.54, 1.807) is 7.05 Å². The van der Waals surface area contributed by atoms with Gasteiger partial charge in [0.25, 0.3) is 5.56 Å². The van der Waals surface area contributed by atoms with Crippen LogP contribution in [0.3, 0.4) is 0 Å². The molecule has 1 aliphatic rings. The van der Waals surface area contributed by atoms with E-state index >= 15 is 0 Å². The molecule has 2 heterocycles. The molecule has 1 N–H and O–H groups in total. The Morgan fingerprint density at radius 1 is 1.21 bits per heavy atom. The molecule has 7 heteroatoms. The fourth-order valence-corrected chi connectivity index (χ4v) is 2.07. The molecule has 0 unspecified atom stereocenters. The molecular weight excluding hydrogens is 248 g/mol. The summed E-state index contributed by atoms with van der Waals surface area (Å²) in [5.74, 6) is 0.557. The lowest BCUT2D eigenvalue weighted by Crippen LogP contribution is -2.40. The average Bonchev–Trinajstić information content (AvgIpc) is 2.43. The third kappa shape index (κ3) is 3.24. The number of anilines is 1. The zero-order valence-electron chi connectivity index (χ0n) is 11.4. The predicted octanol–water partition coefficient (Wildman–Crippen LogP) is -1.17. The number of rotatable bonds is 4.